The zero-order valence-electron chi connectivity index (χ0n) is 15.2. The molecule has 3 aromatic rings. The summed E-state index contributed by atoms with van der Waals surface area (Å²) in [6.07, 6.45) is 0. The van der Waals surface area contributed by atoms with Crippen molar-refractivity contribution in [2.24, 2.45) is 0 Å². The van der Waals surface area contributed by atoms with Crippen molar-refractivity contribution in [2.75, 3.05) is 10.6 Å². The van der Waals surface area contributed by atoms with Gasteiger partial charge in [-0.05, 0) is 38.0 Å². The number of hydrogen-bond donors (Lipinski definition) is 2. The van der Waals surface area contributed by atoms with Crippen molar-refractivity contribution in [1.82, 2.24) is 9.97 Å². The zero-order valence-corrected chi connectivity index (χ0v) is 15.2. The van der Waals surface area contributed by atoms with Gasteiger partial charge < -0.3 is 10.6 Å². The molecule has 0 unspecified atom stereocenters. The standard InChI is InChI=1S/C21H22N4O/c1-14-9-10-18(15(2)11-14)25-21(26)19-12-20(24-16(3)23-19)22-13-17-7-5-4-6-8-17/h4-12H,13H2,1-3H3,(H,25,26)(H,22,23,24). The first-order valence-electron chi connectivity index (χ1n) is 8.53. The highest BCUT2D eigenvalue weighted by molar-refractivity contribution is 6.03. The quantitative estimate of drug-likeness (QED) is 0.724. The lowest BCUT2D eigenvalue weighted by molar-refractivity contribution is 0.102. The van der Waals surface area contributed by atoms with Crippen molar-refractivity contribution in [3.63, 3.8) is 0 Å². The maximum Gasteiger partial charge on any atom is 0.274 e. The molecule has 0 aliphatic rings. The average Bonchev–Trinajstić information content (AvgIpc) is 2.63. The first kappa shape index (κ1) is 17.6. The number of benzene rings is 2. The Morgan fingerprint density at radius 2 is 1.73 bits per heavy atom. The van der Waals surface area contributed by atoms with Gasteiger partial charge in [0.1, 0.15) is 17.3 Å². The molecule has 1 heterocycles. The first-order valence-corrected chi connectivity index (χ1v) is 8.53. The Morgan fingerprint density at radius 1 is 0.962 bits per heavy atom. The fourth-order valence-corrected chi connectivity index (χ4v) is 2.70. The molecule has 0 aliphatic carbocycles. The van der Waals surface area contributed by atoms with Gasteiger partial charge in [0.05, 0.1) is 0 Å². The second-order valence-corrected chi connectivity index (χ2v) is 6.30. The largest absolute Gasteiger partial charge is 0.366 e. The summed E-state index contributed by atoms with van der Waals surface area (Å²) in [5.74, 6) is 0.936. The van der Waals surface area contributed by atoms with Crippen molar-refractivity contribution in [2.45, 2.75) is 27.3 Å². The third-order valence-corrected chi connectivity index (χ3v) is 4.02. The summed E-state index contributed by atoms with van der Waals surface area (Å²) in [6, 6.07) is 17.6. The molecule has 0 bridgehead atoms. The summed E-state index contributed by atoms with van der Waals surface area (Å²) in [7, 11) is 0. The lowest BCUT2D eigenvalue weighted by Gasteiger charge is -2.11. The number of nitrogens with one attached hydrogen (secondary N) is 2. The van der Waals surface area contributed by atoms with Gasteiger partial charge in [-0.2, -0.15) is 0 Å². The number of anilines is 2. The Labute approximate surface area is 153 Å². The fourth-order valence-electron chi connectivity index (χ4n) is 2.70. The van der Waals surface area contributed by atoms with Gasteiger partial charge in [-0.25, -0.2) is 9.97 Å². The summed E-state index contributed by atoms with van der Waals surface area (Å²) in [5.41, 5.74) is 4.45. The van der Waals surface area contributed by atoms with Crippen molar-refractivity contribution in [3.8, 4) is 0 Å². The fraction of sp³-hybridized carbons (Fsp3) is 0.190. The number of hydrogen-bond acceptors (Lipinski definition) is 4. The van der Waals surface area contributed by atoms with Crippen LogP contribution >= 0.6 is 0 Å². The highest BCUT2D eigenvalue weighted by Crippen LogP contribution is 2.17. The van der Waals surface area contributed by atoms with Crippen LogP contribution in [0, 0.1) is 20.8 Å². The van der Waals surface area contributed by atoms with Crippen LogP contribution in [0.15, 0.2) is 54.6 Å². The van der Waals surface area contributed by atoms with Gasteiger partial charge >= 0.3 is 0 Å². The first-order chi connectivity index (χ1) is 12.5. The molecular weight excluding hydrogens is 324 g/mol. The molecule has 26 heavy (non-hydrogen) atoms. The van der Waals surface area contributed by atoms with E-state index in [1.165, 1.54) is 0 Å². The van der Waals surface area contributed by atoms with Crippen LogP contribution in [0.4, 0.5) is 11.5 Å². The van der Waals surface area contributed by atoms with Gasteiger partial charge in [-0.1, -0.05) is 48.0 Å². The zero-order chi connectivity index (χ0) is 18.5. The minimum absolute atomic E-state index is 0.245. The van der Waals surface area contributed by atoms with E-state index in [1.54, 1.807) is 13.0 Å². The molecular formula is C21H22N4O. The van der Waals surface area contributed by atoms with Crippen LogP contribution in [0.2, 0.25) is 0 Å². The number of amides is 1. The van der Waals surface area contributed by atoms with Gasteiger partial charge in [-0.15, -0.1) is 0 Å². The molecule has 132 valence electrons. The predicted molar refractivity (Wildman–Crippen MR) is 104 cm³/mol. The van der Waals surface area contributed by atoms with E-state index in [0.717, 1.165) is 22.4 Å². The van der Waals surface area contributed by atoms with Crippen molar-refractivity contribution in [1.29, 1.82) is 0 Å². The van der Waals surface area contributed by atoms with Crippen LogP contribution in [-0.4, -0.2) is 15.9 Å². The summed E-state index contributed by atoms with van der Waals surface area (Å²) in [6.45, 7) is 6.41. The van der Waals surface area contributed by atoms with E-state index in [9.17, 15) is 4.79 Å². The third-order valence-electron chi connectivity index (χ3n) is 4.02. The van der Waals surface area contributed by atoms with Crippen LogP contribution in [0.3, 0.4) is 0 Å². The van der Waals surface area contributed by atoms with Gasteiger partial charge in [0.25, 0.3) is 5.91 Å². The molecule has 2 N–H and O–H groups in total. The Hall–Kier alpha value is -3.21. The van der Waals surface area contributed by atoms with Gasteiger partial charge in [-0.3, -0.25) is 4.79 Å². The molecule has 0 radical (unpaired) electrons. The summed E-state index contributed by atoms with van der Waals surface area (Å²) in [4.78, 5) is 21.2. The summed E-state index contributed by atoms with van der Waals surface area (Å²) in [5, 5.41) is 6.17. The highest BCUT2D eigenvalue weighted by atomic mass is 16.1. The predicted octanol–water partition coefficient (Wildman–Crippen LogP) is 4.27. The number of carbonyl (C=O) groups is 1. The molecule has 2 aromatic carbocycles. The topological polar surface area (TPSA) is 66.9 Å². The Bertz CT molecular complexity index is 923. The van der Waals surface area contributed by atoms with Gasteiger partial charge in [0, 0.05) is 18.3 Å². The van der Waals surface area contributed by atoms with Gasteiger partial charge in [0.15, 0.2) is 0 Å². The average molecular weight is 346 g/mol. The molecule has 5 nitrogen and oxygen atoms in total. The molecule has 0 aliphatic heterocycles. The Balaban J connectivity index is 1.75. The van der Waals surface area contributed by atoms with E-state index in [2.05, 4.69) is 20.6 Å². The Morgan fingerprint density at radius 3 is 2.46 bits per heavy atom. The van der Waals surface area contributed by atoms with Crippen LogP contribution in [0.1, 0.15) is 33.0 Å². The number of aryl methyl sites for hydroxylation is 3. The van der Waals surface area contributed by atoms with Crippen LogP contribution < -0.4 is 10.6 Å². The lowest BCUT2D eigenvalue weighted by Crippen LogP contribution is -2.16. The van der Waals surface area contributed by atoms with E-state index < -0.39 is 0 Å². The molecule has 0 saturated heterocycles. The molecule has 1 aromatic heterocycles. The van der Waals surface area contributed by atoms with Crippen molar-refractivity contribution < 1.29 is 4.79 Å². The maximum atomic E-state index is 12.6. The molecule has 0 saturated carbocycles. The minimum Gasteiger partial charge on any atom is -0.366 e. The SMILES string of the molecule is Cc1ccc(NC(=O)c2cc(NCc3ccccc3)nc(C)n2)c(C)c1. The van der Waals surface area contributed by atoms with E-state index in [-0.39, 0.29) is 5.91 Å². The number of rotatable bonds is 5. The summed E-state index contributed by atoms with van der Waals surface area (Å²) >= 11 is 0. The molecule has 0 fully saturated rings. The molecule has 3 rings (SSSR count). The van der Waals surface area contributed by atoms with E-state index in [1.807, 2.05) is 62.4 Å². The summed E-state index contributed by atoms with van der Waals surface area (Å²) < 4.78 is 0. The minimum atomic E-state index is -0.245. The van der Waals surface area contributed by atoms with Crippen molar-refractivity contribution in [3.05, 3.63) is 82.8 Å². The van der Waals surface area contributed by atoms with Crippen molar-refractivity contribution >= 4 is 17.4 Å². The monoisotopic (exact) mass is 346 g/mol. The van der Waals surface area contributed by atoms with E-state index in [4.69, 9.17) is 0 Å². The van der Waals surface area contributed by atoms with Crippen LogP contribution in [0.25, 0.3) is 0 Å². The second kappa shape index (κ2) is 7.78. The smallest absolute Gasteiger partial charge is 0.274 e. The second-order valence-electron chi connectivity index (χ2n) is 6.30. The molecule has 0 spiro atoms. The number of nitrogens with zero attached hydrogens (tertiary/aromatic N) is 2. The van der Waals surface area contributed by atoms with Crippen LogP contribution in [0.5, 0.6) is 0 Å². The lowest BCUT2D eigenvalue weighted by atomic mass is 10.1. The highest BCUT2D eigenvalue weighted by Gasteiger charge is 2.12. The third kappa shape index (κ3) is 4.45. The number of aromatic nitrogens is 2. The number of carbonyl (C=O) groups excluding carboxylic acids is 1. The molecule has 0 atom stereocenters. The molecule has 1 amide bonds. The molecule has 5 heteroatoms. The Kier molecular flexibility index (Phi) is 5.27. The van der Waals surface area contributed by atoms with Gasteiger partial charge in [0.2, 0.25) is 0 Å². The van der Waals surface area contributed by atoms with E-state index in [0.29, 0.717) is 23.9 Å². The normalized spacial score (nSPS) is 10.4. The maximum absolute atomic E-state index is 12.6. The van der Waals surface area contributed by atoms with Crippen LogP contribution in [-0.2, 0) is 6.54 Å². The van der Waals surface area contributed by atoms with E-state index >= 15 is 0 Å².